The van der Waals surface area contributed by atoms with Gasteiger partial charge in [0, 0.05) is 6.54 Å². The fourth-order valence-corrected chi connectivity index (χ4v) is 2.36. The summed E-state index contributed by atoms with van der Waals surface area (Å²) < 4.78 is 19.3. The smallest absolute Gasteiger partial charge is 0.165 e. The molecule has 20 heavy (non-hydrogen) atoms. The maximum atomic E-state index is 13.8. The van der Waals surface area contributed by atoms with E-state index < -0.39 is 5.41 Å². The maximum absolute atomic E-state index is 13.8. The minimum absolute atomic E-state index is 0.255. The van der Waals surface area contributed by atoms with Gasteiger partial charge < -0.3 is 14.8 Å². The molecule has 1 fully saturated rings. The molecule has 1 aliphatic rings. The lowest BCUT2D eigenvalue weighted by Crippen LogP contribution is -2.37. The van der Waals surface area contributed by atoms with E-state index >= 15 is 0 Å². The van der Waals surface area contributed by atoms with Crippen molar-refractivity contribution in [2.75, 3.05) is 20.2 Å². The second-order valence-electron chi connectivity index (χ2n) is 5.56. The Morgan fingerprint density at radius 3 is 2.80 bits per heavy atom. The van der Waals surface area contributed by atoms with E-state index in [1.807, 2.05) is 14.0 Å². The molecule has 0 amide bonds. The average Bonchev–Trinajstić information content (AvgIpc) is 3.28. The van der Waals surface area contributed by atoms with Gasteiger partial charge in [-0.15, -0.1) is 0 Å². The van der Waals surface area contributed by atoms with E-state index in [1.54, 1.807) is 12.1 Å². The van der Waals surface area contributed by atoms with Crippen molar-refractivity contribution >= 4 is 6.29 Å². The van der Waals surface area contributed by atoms with Crippen LogP contribution in [-0.4, -0.2) is 26.5 Å². The van der Waals surface area contributed by atoms with E-state index in [0.29, 0.717) is 25.5 Å². The van der Waals surface area contributed by atoms with Crippen LogP contribution in [0.3, 0.4) is 0 Å². The molecule has 1 N–H and O–H groups in total. The number of hydrogen-bond donors (Lipinski definition) is 1. The summed E-state index contributed by atoms with van der Waals surface area (Å²) >= 11 is 0. The van der Waals surface area contributed by atoms with Crippen molar-refractivity contribution in [3.63, 3.8) is 0 Å². The number of carbonyl (C=O) groups excluding carboxylic acids is 1. The van der Waals surface area contributed by atoms with Crippen molar-refractivity contribution < 1.29 is 13.9 Å². The number of benzene rings is 1. The first-order valence-corrected chi connectivity index (χ1v) is 7.19. The third-order valence-electron chi connectivity index (χ3n) is 4.03. The number of halogens is 1. The molecule has 2 rings (SSSR count). The zero-order valence-corrected chi connectivity index (χ0v) is 12.1. The van der Waals surface area contributed by atoms with Crippen LogP contribution in [0.25, 0.3) is 0 Å². The van der Waals surface area contributed by atoms with Crippen molar-refractivity contribution in [2.45, 2.75) is 31.6 Å². The number of ether oxygens (including phenoxy) is 1. The Labute approximate surface area is 119 Å². The first-order chi connectivity index (χ1) is 9.65. The first kappa shape index (κ1) is 15.0. The molecule has 1 saturated carbocycles. The number of rotatable bonds is 8. The van der Waals surface area contributed by atoms with Gasteiger partial charge in [-0.2, -0.15) is 0 Å². The average molecular weight is 279 g/mol. The molecule has 1 aromatic rings. The predicted molar refractivity (Wildman–Crippen MR) is 76.6 cm³/mol. The third kappa shape index (κ3) is 3.18. The highest BCUT2D eigenvalue weighted by Crippen LogP contribution is 2.33. The van der Waals surface area contributed by atoms with Gasteiger partial charge in [-0.05, 0) is 49.9 Å². The SMILES string of the molecule is CC[C@@](C=O)(CNC)c1ccc(F)c(OCC2CC2)c1. The fourth-order valence-electron chi connectivity index (χ4n) is 2.36. The van der Waals surface area contributed by atoms with E-state index in [1.165, 1.54) is 6.07 Å². The van der Waals surface area contributed by atoms with Crippen LogP contribution in [0.5, 0.6) is 5.75 Å². The van der Waals surface area contributed by atoms with Gasteiger partial charge in [-0.1, -0.05) is 13.0 Å². The van der Waals surface area contributed by atoms with Crippen LogP contribution in [0.4, 0.5) is 4.39 Å². The van der Waals surface area contributed by atoms with Crippen molar-refractivity contribution in [1.29, 1.82) is 0 Å². The van der Waals surface area contributed by atoms with Crippen molar-refractivity contribution in [1.82, 2.24) is 5.32 Å². The summed E-state index contributed by atoms with van der Waals surface area (Å²) in [5.74, 6) is 0.456. The summed E-state index contributed by atoms with van der Waals surface area (Å²) in [6.45, 7) is 3.05. The molecule has 1 aliphatic carbocycles. The Morgan fingerprint density at radius 1 is 1.50 bits per heavy atom. The molecule has 0 radical (unpaired) electrons. The summed E-state index contributed by atoms with van der Waals surface area (Å²) in [4.78, 5) is 11.5. The quantitative estimate of drug-likeness (QED) is 0.744. The second kappa shape index (κ2) is 6.35. The first-order valence-electron chi connectivity index (χ1n) is 7.19. The number of nitrogens with one attached hydrogen (secondary N) is 1. The van der Waals surface area contributed by atoms with Crippen LogP contribution in [0.1, 0.15) is 31.7 Å². The van der Waals surface area contributed by atoms with Gasteiger partial charge in [0.05, 0.1) is 12.0 Å². The Balaban J connectivity index is 2.24. The van der Waals surface area contributed by atoms with Crippen LogP contribution >= 0.6 is 0 Å². The molecular formula is C16H22FNO2. The highest BCUT2D eigenvalue weighted by Gasteiger charge is 2.30. The highest BCUT2D eigenvalue weighted by molar-refractivity contribution is 5.69. The Hall–Kier alpha value is -1.42. The molecule has 3 nitrogen and oxygen atoms in total. The third-order valence-corrected chi connectivity index (χ3v) is 4.03. The van der Waals surface area contributed by atoms with Crippen LogP contribution in [0, 0.1) is 11.7 Å². The van der Waals surface area contributed by atoms with Crippen molar-refractivity contribution in [3.05, 3.63) is 29.6 Å². The summed E-state index contributed by atoms with van der Waals surface area (Å²) in [6, 6.07) is 4.74. The van der Waals surface area contributed by atoms with Gasteiger partial charge in [0.15, 0.2) is 11.6 Å². The molecule has 0 heterocycles. The Morgan fingerprint density at radius 2 is 2.25 bits per heavy atom. The molecule has 0 bridgehead atoms. The molecule has 4 heteroatoms. The lowest BCUT2D eigenvalue weighted by molar-refractivity contribution is -0.112. The van der Waals surface area contributed by atoms with Gasteiger partial charge in [-0.3, -0.25) is 0 Å². The number of hydrogen-bond acceptors (Lipinski definition) is 3. The summed E-state index contributed by atoms with van der Waals surface area (Å²) in [5, 5.41) is 3.04. The van der Waals surface area contributed by atoms with Crippen molar-refractivity contribution in [2.24, 2.45) is 5.92 Å². The van der Waals surface area contributed by atoms with Crippen LogP contribution in [0.2, 0.25) is 0 Å². The Kier molecular flexibility index (Phi) is 4.76. The van der Waals surface area contributed by atoms with Crippen LogP contribution in [0.15, 0.2) is 18.2 Å². The van der Waals surface area contributed by atoms with Crippen molar-refractivity contribution in [3.8, 4) is 5.75 Å². The lowest BCUT2D eigenvalue weighted by atomic mass is 9.79. The van der Waals surface area contributed by atoms with E-state index in [-0.39, 0.29) is 11.6 Å². The molecular weight excluding hydrogens is 257 g/mol. The van der Waals surface area contributed by atoms with Crippen LogP contribution < -0.4 is 10.1 Å². The molecule has 1 atom stereocenters. The largest absolute Gasteiger partial charge is 0.490 e. The molecule has 1 aromatic carbocycles. The summed E-state index contributed by atoms with van der Waals surface area (Å²) in [6.07, 6.45) is 3.93. The number of likely N-dealkylation sites (N-methyl/N-ethyl adjacent to an activating group) is 1. The zero-order valence-electron chi connectivity index (χ0n) is 12.1. The van der Waals surface area contributed by atoms with Gasteiger partial charge in [0.25, 0.3) is 0 Å². The topological polar surface area (TPSA) is 38.3 Å². The van der Waals surface area contributed by atoms with Gasteiger partial charge in [0.2, 0.25) is 0 Å². The maximum Gasteiger partial charge on any atom is 0.165 e. The minimum Gasteiger partial charge on any atom is -0.490 e. The number of carbonyl (C=O) groups is 1. The highest BCUT2D eigenvalue weighted by atomic mass is 19.1. The van der Waals surface area contributed by atoms with E-state index in [4.69, 9.17) is 4.74 Å². The molecule has 110 valence electrons. The Bertz CT molecular complexity index is 474. The second-order valence-corrected chi connectivity index (χ2v) is 5.56. The van der Waals surface area contributed by atoms with E-state index in [0.717, 1.165) is 24.7 Å². The molecule has 0 spiro atoms. The summed E-state index contributed by atoms with van der Waals surface area (Å²) in [5.41, 5.74) is 0.177. The van der Waals surface area contributed by atoms with Gasteiger partial charge >= 0.3 is 0 Å². The lowest BCUT2D eigenvalue weighted by Gasteiger charge is -2.27. The monoisotopic (exact) mass is 279 g/mol. The fraction of sp³-hybridized carbons (Fsp3) is 0.562. The number of aldehydes is 1. The zero-order chi connectivity index (χ0) is 14.6. The minimum atomic E-state index is -0.625. The van der Waals surface area contributed by atoms with E-state index in [9.17, 15) is 9.18 Å². The van der Waals surface area contributed by atoms with E-state index in [2.05, 4.69) is 5.32 Å². The molecule has 0 unspecified atom stereocenters. The van der Waals surface area contributed by atoms with Gasteiger partial charge in [0.1, 0.15) is 6.29 Å². The molecule has 0 aliphatic heterocycles. The van der Waals surface area contributed by atoms with Gasteiger partial charge in [-0.25, -0.2) is 4.39 Å². The van der Waals surface area contributed by atoms with Crippen LogP contribution in [-0.2, 0) is 10.2 Å². The standard InChI is InChI=1S/C16H22FNO2/c1-3-16(11-19,10-18-2)13-6-7-14(17)15(8-13)20-9-12-4-5-12/h6-8,11-12,18H,3-5,9-10H2,1-2H3/t16-/m0/s1. The molecule has 0 aromatic heterocycles. The summed E-state index contributed by atoms with van der Waals surface area (Å²) in [7, 11) is 1.81. The normalized spacial score (nSPS) is 17.6. The predicted octanol–water partition coefficient (Wildman–Crippen LogP) is 2.68. The molecule has 0 saturated heterocycles.